The SMILES string of the molecule is Cc1c(C)c(C)c(S(=O)(=O)N(C)Cc2nc3ccccc3[nH]2)c(C)c1C. The van der Waals surface area contributed by atoms with Gasteiger partial charge in [0, 0.05) is 7.05 Å². The second kappa shape index (κ2) is 6.52. The predicted octanol–water partition coefficient (Wildman–Crippen LogP) is 3.93. The van der Waals surface area contributed by atoms with Crippen LogP contribution in [0.5, 0.6) is 0 Å². The molecule has 0 radical (unpaired) electrons. The maximum absolute atomic E-state index is 13.3. The average molecular weight is 372 g/mol. The van der Waals surface area contributed by atoms with Crippen molar-refractivity contribution >= 4 is 21.1 Å². The Morgan fingerprint density at radius 3 is 2.04 bits per heavy atom. The van der Waals surface area contributed by atoms with Crippen LogP contribution in [-0.4, -0.2) is 29.7 Å². The summed E-state index contributed by atoms with van der Waals surface area (Å²) >= 11 is 0. The van der Waals surface area contributed by atoms with Crippen LogP contribution in [0.1, 0.15) is 33.6 Å². The Kier molecular flexibility index (Phi) is 4.67. The molecule has 0 aliphatic rings. The Labute approximate surface area is 155 Å². The van der Waals surface area contributed by atoms with Gasteiger partial charge < -0.3 is 4.98 Å². The molecule has 6 heteroatoms. The smallest absolute Gasteiger partial charge is 0.243 e. The highest BCUT2D eigenvalue weighted by Gasteiger charge is 2.28. The van der Waals surface area contributed by atoms with Gasteiger partial charge in [-0.05, 0) is 74.6 Å². The van der Waals surface area contributed by atoms with Gasteiger partial charge in [0.05, 0.1) is 22.5 Å². The topological polar surface area (TPSA) is 66.1 Å². The fourth-order valence-electron chi connectivity index (χ4n) is 3.38. The molecule has 2 aromatic carbocycles. The molecule has 0 atom stereocenters. The number of benzene rings is 2. The van der Waals surface area contributed by atoms with Crippen LogP contribution in [0.2, 0.25) is 0 Å². The molecule has 3 rings (SSSR count). The zero-order valence-electron chi connectivity index (χ0n) is 16.1. The highest BCUT2D eigenvalue weighted by molar-refractivity contribution is 7.89. The van der Waals surface area contributed by atoms with Crippen LogP contribution in [0.25, 0.3) is 11.0 Å². The maximum Gasteiger partial charge on any atom is 0.243 e. The second-order valence-corrected chi connectivity index (χ2v) is 8.90. The molecule has 0 amide bonds. The van der Waals surface area contributed by atoms with E-state index in [9.17, 15) is 8.42 Å². The third kappa shape index (κ3) is 2.93. The van der Waals surface area contributed by atoms with Crippen molar-refractivity contribution in [1.82, 2.24) is 14.3 Å². The van der Waals surface area contributed by atoms with Crippen LogP contribution in [0.3, 0.4) is 0 Å². The highest BCUT2D eigenvalue weighted by Crippen LogP contribution is 2.31. The first-order chi connectivity index (χ1) is 12.1. The minimum Gasteiger partial charge on any atom is -0.341 e. The van der Waals surface area contributed by atoms with Crippen molar-refractivity contribution in [3.63, 3.8) is 0 Å². The summed E-state index contributed by atoms with van der Waals surface area (Å²) in [4.78, 5) is 8.10. The lowest BCUT2D eigenvalue weighted by Crippen LogP contribution is -2.29. The molecular formula is C20H25N3O2S. The number of H-pyrrole nitrogens is 1. The van der Waals surface area contributed by atoms with Gasteiger partial charge in [0.25, 0.3) is 0 Å². The van der Waals surface area contributed by atoms with E-state index in [4.69, 9.17) is 0 Å². The maximum atomic E-state index is 13.3. The summed E-state index contributed by atoms with van der Waals surface area (Å²) in [5.41, 5.74) is 6.60. The van der Waals surface area contributed by atoms with Gasteiger partial charge in [-0.25, -0.2) is 13.4 Å². The van der Waals surface area contributed by atoms with Gasteiger partial charge in [-0.1, -0.05) is 12.1 Å². The number of fused-ring (bicyclic) bond motifs is 1. The van der Waals surface area contributed by atoms with Crippen molar-refractivity contribution in [1.29, 1.82) is 0 Å². The van der Waals surface area contributed by atoms with Crippen molar-refractivity contribution < 1.29 is 8.42 Å². The minimum atomic E-state index is -3.62. The third-order valence-corrected chi connectivity index (χ3v) is 7.49. The molecule has 3 aromatic rings. The fourth-order valence-corrected chi connectivity index (χ4v) is 5.07. The quantitative estimate of drug-likeness (QED) is 0.756. The molecule has 26 heavy (non-hydrogen) atoms. The Bertz CT molecular complexity index is 1040. The van der Waals surface area contributed by atoms with E-state index >= 15 is 0 Å². The van der Waals surface area contributed by atoms with Crippen LogP contribution in [0.4, 0.5) is 0 Å². The molecule has 0 aliphatic heterocycles. The Hall–Kier alpha value is -2.18. The normalized spacial score (nSPS) is 12.3. The van der Waals surface area contributed by atoms with Crippen molar-refractivity contribution in [2.75, 3.05) is 7.05 Å². The summed E-state index contributed by atoms with van der Waals surface area (Å²) in [5.74, 6) is 0.633. The van der Waals surface area contributed by atoms with Crippen LogP contribution in [0, 0.1) is 34.6 Å². The zero-order valence-corrected chi connectivity index (χ0v) is 17.0. The van der Waals surface area contributed by atoms with E-state index in [1.54, 1.807) is 7.05 Å². The molecule has 1 heterocycles. The second-order valence-electron chi connectivity index (χ2n) is 6.92. The molecule has 0 aliphatic carbocycles. The molecule has 138 valence electrons. The summed E-state index contributed by atoms with van der Waals surface area (Å²) in [6.45, 7) is 9.97. The van der Waals surface area contributed by atoms with Crippen LogP contribution < -0.4 is 0 Å². The molecule has 5 nitrogen and oxygen atoms in total. The Morgan fingerprint density at radius 2 is 1.46 bits per heavy atom. The summed E-state index contributed by atoms with van der Waals surface area (Å²) < 4.78 is 28.0. The fraction of sp³-hybridized carbons (Fsp3) is 0.350. The number of sulfonamides is 1. The first kappa shape index (κ1) is 18.6. The molecule has 0 fully saturated rings. The van der Waals surface area contributed by atoms with Crippen LogP contribution >= 0.6 is 0 Å². The summed E-state index contributed by atoms with van der Waals surface area (Å²) in [6, 6.07) is 7.68. The highest BCUT2D eigenvalue weighted by atomic mass is 32.2. The first-order valence-electron chi connectivity index (χ1n) is 8.61. The number of para-hydroxylation sites is 2. The number of aromatic amines is 1. The van der Waals surface area contributed by atoms with Gasteiger partial charge in [-0.3, -0.25) is 0 Å². The summed E-state index contributed by atoms with van der Waals surface area (Å²) in [7, 11) is -2.02. The van der Waals surface area contributed by atoms with E-state index in [-0.39, 0.29) is 6.54 Å². The summed E-state index contributed by atoms with van der Waals surface area (Å²) in [5, 5.41) is 0. The molecule has 0 unspecified atom stereocenters. The standard InChI is InChI=1S/C20H25N3O2S/c1-12-13(2)15(4)20(16(5)14(12)3)26(24,25)23(6)11-19-21-17-9-7-8-10-18(17)22-19/h7-10H,11H2,1-6H3,(H,21,22). The third-order valence-electron chi connectivity index (χ3n) is 5.41. The van der Waals surface area contributed by atoms with Crippen molar-refractivity contribution in [3.05, 3.63) is 57.9 Å². The number of hydrogen-bond donors (Lipinski definition) is 1. The molecular weight excluding hydrogens is 346 g/mol. The lowest BCUT2D eigenvalue weighted by atomic mass is 9.95. The van der Waals surface area contributed by atoms with E-state index in [0.717, 1.165) is 38.9 Å². The van der Waals surface area contributed by atoms with Crippen LogP contribution in [-0.2, 0) is 16.6 Å². The number of aromatic nitrogens is 2. The minimum absolute atomic E-state index is 0.196. The van der Waals surface area contributed by atoms with Gasteiger partial charge in [0.15, 0.2) is 0 Å². The van der Waals surface area contributed by atoms with Gasteiger partial charge in [-0.15, -0.1) is 0 Å². The Balaban J connectivity index is 2.02. The molecule has 1 N–H and O–H groups in total. The first-order valence-corrected chi connectivity index (χ1v) is 10.1. The van der Waals surface area contributed by atoms with Gasteiger partial charge in [0.1, 0.15) is 5.82 Å². The lowest BCUT2D eigenvalue weighted by molar-refractivity contribution is 0.457. The molecule has 0 saturated heterocycles. The van der Waals surface area contributed by atoms with Gasteiger partial charge in [-0.2, -0.15) is 4.31 Å². The largest absolute Gasteiger partial charge is 0.341 e. The van der Waals surface area contributed by atoms with Crippen molar-refractivity contribution in [2.24, 2.45) is 0 Å². The van der Waals surface area contributed by atoms with Gasteiger partial charge in [0.2, 0.25) is 10.0 Å². The Morgan fingerprint density at radius 1 is 0.923 bits per heavy atom. The number of rotatable bonds is 4. The summed E-state index contributed by atoms with van der Waals surface area (Å²) in [6.07, 6.45) is 0. The molecule has 0 saturated carbocycles. The van der Waals surface area contributed by atoms with Crippen molar-refractivity contribution in [3.8, 4) is 0 Å². The van der Waals surface area contributed by atoms with Gasteiger partial charge >= 0.3 is 0 Å². The lowest BCUT2D eigenvalue weighted by Gasteiger charge is -2.23. The zero-order chi connectivity index (χ0) is 19.2. The van der Waals surface area contributed by atoms with E-state index in [1.165, 1.54) is 4.31 Å². The van der Waals surface area contributed by atoms with Crippen LogP contribution in [0.15, 0.2) is 29.2 Å². The molecule has 0 bridgehead atoms. The van der Waals surface area contributed by atoms with E-state index in [2.05, 4.69) is 9.97 Å². The number of imidazole rings is 1. The number of nitrogens with zero attached hydrogens (tertiary/aromatic N) is 2. The van der Waals surface area contributed by atoms with Crippen molar-refractivity contribution in [2.45, 2.75) is 46.1 Å². The average Bonchev–Trinajstić information content (AvgIpc) is 3.00. The number of nitrogens with one attached hydrogen (secondary N) is 1. The van der Waals surface area contributed by atoms with E-state index < -0.39 is 10.0 Å². The molecule has 0 spiro atoms. The number of hydrogen-bond acceptors (Lipinski definition) is 3. The monoisotopic (exact) mass is 371 g/mol. The predicted molar refractivity (Wildman–Crippen MR) is 105 cm³/mol. The van der Waals surface area contributed by atoms with E-state index in [0.29, 0.717) is 10.7 Å². The van der Waals surface area contributed by atoms with E-state index in [1.807, 2.05) is 58.9 Å². The molecule has 1 aromatic heterocycles.